The number of rotatable bonds is 10. The van der Waals surface area contributed by atoms with Gasteiger partial charge >= 0.3 is 12.2 Å². The van der Waals surface area contributed by atoms with Gasteiger partial charge in [-0.15, -0.1) is 0 Å². The van der Waals surface area contributed by atoms with E-state index in [4.69, 9.17) is 14.2 Å². The standard InChI is InChI=1S/C38H60N2O6/c1-23(2)8-7-9-24(3)28-12-13-29-27-11-10-25-22-26(16-18-36(25,4)30(27)17-19-37(28,29)5)44-34(42)39-20-21-40-35(43)45-32-15-14-31(41)33-38(32,6)46-33/h10,23-24,26-30,32-33H,7-9,11-22H2,1-6H3,(H,39,42)(H,40,43)/t24-,26?,27+,28-,29+,30+,32?,33?,36+,37-,38?/m1/s1. The summed E-state index contributed by atoms with van der Waals surface area (Å²) >= 11 is 0. The van der Waals surface area contributed by atoms with Gasteiger partial charge in [0, 0.05) is 25.9 Å². The van der Waals surface area contributed by atoms with E-state index in [9.17, 15) is 14.4 Å². The number of ether oxygens (including phenoxy) is 3. The topological polar surface area (TPSA) is 106 Å². The highest BCUT2D eigenvalue weighted by Crippen LogP contribution is 2.67. The number of amides is 2. The van der Waals surface area contributed by atoms with Gasteiger partial charge in [0.05, 0.1) is 0 Å². The second-order valence-corrected chi connectivity index (χ2v) is 17.0. The Morgan fingerprint density at radius 1 is 0.935 bits per heavy atom. The van der Waals surface area contributed by atoms with Crippen LogP contribution in [0.25, 0.3) is 0 Å². The number of carbonyl (C=O) groups excluding carboxylic acids is 3. The van der Waals surface area contributed by atoms with Crippen molar-refractivity contribution in [2.45, 2.75) is 149 Å². The summed E-state index contributed by atoms with van der Waals surface area (Å²) < 4.78 is 16.9. The smallest absolute Gasteiger partial charge is 0.407 e. The van der Waals surface area contributed by atoms with Crippen LogP contribution in [0.1, 0.15) is 125 Å². The third-order valence-electron chi connectivity index (χ3n) is 13.9. The maximum atomic E-state index is 12.7. The average Bonchev–Trinajstić information content (AvgIpc) is 3.60. The molecule has 0 aromatic rings. The molecule has 8 heteroatoms. The molecule has 6 rings (SSSR count). The molecule has 5 fully saturated rings. The van der Waals surface area contributed by atoms with Gasteiger partial charge in [-0.2, -0.15) is 0 Å². The molecule has 4 unspecified atom stereocenters. The van der Waals surface area contributed by atoms with Crippen molar-refractivity contribution in [2.75, 3.05) is 13.1 Å². The zero-order valence-electron chi connectivity index (χ0n) is 29.3. The number of carbonyl (C=O) groups is 3. The number of fused-ring (bicyclic) bond motifs is 6. The number of alkyl carbamates (subject to hydrolysis) is 2. The van der Waals surface area contributed by atoms with Crippen LogP contribution in [0.15, 0.2) is 11.6 Å². The van der Waals surface area contributed by atoms with Gasteiger partial charge in [0.15, 0.2) is 5.78 Å². The minimum atomic E-state index is -0.692. The summed E-state index contributed by atoms with van der Waals surface area (Å²) in [7, 11) is 0. The summed E-state index contributed by atoms with van der Waals surface area (Å²) in [5.74, 6) is 4.97. The molecule has 1 saturated heterocycles. The number of Topliss-reactive ketones (excluding diaryl/α,β-unsaturated/α-hetero) is 1. The predicted octanol–water partition coefficient (Wildman–Crippen LogP) is 7.74. The quantitative estimate of drug-likeness (QED) is 0.144. The Balaban J connectivity index is 0.946. The molecule has 1 aliphatic heterocycles. The van der Waals surface area contributed by atoms with Crippen molar-refractivity contribution >= 4 is 18.0 Å². The monoisotopic (exact) mass is 640 g/mol. The fraction of sp³-hybridized carbons (Fsp3) is 0.868. The lowest BCUT2D eigenvalue weighted by Crippen LogP contribution is -2.51. The van der Waals surface area contributed by atoms with Crippen molar-refractivity contribution in [1.29, 1.82) is 0 Å². The Hall–Kier alpha value is -2.09. The molecule has 1 heterocycles. The Labute approximate surface area is 276 Å². The van der Waals surface area contributed by atoms with E-state index in [1.165, 1.54) is 56.9 Å². The van der Waals surface area contributed by atoms with Crippen molar-refractivity contribution in [3.8, 4) is 0 Å². The van der Waals surface area contributed by atoms with Gasteiger partial charge in [-0.25, -0.2) is 9.59 Å². The molecule has 8 nitrogen and oxygen atoms in total. The fourth-order valence-corrected chi connectivity index (χ4v) is 11.2. The maximum Gasteiger partial charge on any atom is 0.407 e. The highest BCUT2D eigenvalue weighted by Gasteiger charge is 2.65. The normalized spacial score (nSPS) is 41.7. The molecular formula is C38H60N2O6. The SMILES string of the molecule is CC(C)CCC[C@@H](C)[C@H]1CC[C@H]2[C@@H]3CC=C4CC(OC(=O)NCCNC(=O)OC5CCC(=O)C6OC56C)CC[C@]4(C)[C@H]3CC[C@]12C. The summed E-state index contributed by atoms with van der Waals surface area (Å²) in [5, 5.41) is 5.47. The van der Waals surface area contributed by atoms with Crippen molar-refractivity contribution in [1.82, 2.24) is 10.6 Å². The lowest BCUT2D eigenvalue weighted by Gasteiger charge is -2.58. The minimum Gasteiger partial charge on any atom is -0.446 e. The lowest BCUT2D eigenvalue weighted by molar-refractivity contribution is -0.121. The number of nitrogens with one attached hydrogen (secondary N) is 2. The molecule has 258 valence electrons. The largest absolute Gasteiger partial charge is 0.446 e. The first-order valence-corrected chi connectivity index (χ1v) is 18.6. The van der Waals surface area contributed by atoms with Crippen molar-refractivity contribution in [2.24, 2.45) is 46.3 Å². The highest BCUT2D eigenvalue weighted by atomic mass is 16.7. The minimum absolute atomic E-state index is 0.0774. The van der Waals surface area contributed by atoms with Gasteiger partial charge in [-0.05, 0) is 105 Å². The molecule has 0 spiro atoms. The van der Waals surface area contributed by atoms with Crippen LogP contribution in [0.2, 0.25) is 0 Å². The number of ketones is 1. The Bertz CT molecular complexity index is 1200. The van der Waals surface area contributed by atoms with Crippen LogP contribution >= 0.6 is 0 Å². The highest BCUT2D eigenvalue weighted by molar-refractivity contribution is 5.88. The molecule has 2 N–H and O–H groups in total. The van der Waals surface area contributed by atoms with Crippen LogP contribution in [-0.4, -0.2) is 55.0 Å². The van der Waals surface area contributed by atoms with Crippen LogP contribution in [0.5, 0.6) is 0 Å². The first-order chi connectivity index (χ1) is 21.8. The second-order valence-electron chi connectivity index (χ2n) is 17.0. The Kier molecular flexibility index (Phi) is 9.61. The number of hydrogen-bond donors (Lipinski definition) is 2. The molecule has 4 saturated carbocycles. The lowest BCUT2D eigenvalue weighted by atomic mass is 9.47. The third-order valence-corrected chi connectivity index (χ3v) is 13.9. The Morgan fingerprint density at radius 3 is 2.41 bits per heavy atom. The number of allylic oxidation sites excluding steroid dienone is 1. The molecule has 0 radical (unpaired) electrons. The average molecular weight is 641 g/mol. The van der Waals surface area contributed by atoms with Gasteiger partial charge < -0.3 is 24.8 Å². The van der Waals surface area contributed by atoms with Crippen LogP contribution in [0, 0.1) is 46.3 Å². The number of hydrogen-bond acceptors (Lipinski definition) is 6. The van der Waals surface area contributed by atoms with E-state index in [1.807, 2.05) is 6.92 Å². The third kappa shape index (κ3) is 6.37. The predicted molar refractivity (Wildman–Crippen MR) is 177 cm³/mol. The van der Waals surface area contributed by atoms with E-state index < -0.39 is 30.0 Å². The zero-order valence-corrected chi connectivity index (χ0v) is 29.3. The van der Waals surface area contributed by atoms with E-state index >= 15 is 0 Å². The van der Waals surface area contributed by atoms with Gasteiger partial charge in [-0.1, -0.05) is 65.5 Å². The summed E-state index contributed by atoms with van der Waals surface area (Å²) in [4.78, 5) is 36.8. The molecule has 6 aliphatic rings. The summed E-state index contributed by atoms with van der Waals surface area (Å²) in [5.41, 5.74) is 1.54. The van der Waals surface area contributed by atoms with Crippen LogP contribution < -0.4 is 10.6 Å². The molecule has 0 aromatic heterocycles. The summed E-state index contributed by atoms with van der Waals surface area (Å²) in [6.07, 6.45) is 15.1. The molecule has 2 amide bonds. The molecule has 0 aromatic carbocycles. The van der Waals surface area contributed by atoms with Gasteiger partial charge in [0.1, 0.15) is 23.9 Å². The van der Waals surface area contributed by atoms with E-state index in [0.29, 0.717) is 18.3 Å². The van der Waals surface area contributed by atoms with Crippen molar-refractivity contribution in [3.05, 3.63) is 11.6 Å². The fourth-order valence-electron chi connectivity index (χ4n) is 11.2. The van der Waals surface area contributed by atoms with Gasteiger partial charge in [-0.3, -0.25) is 4.79 Å². The van der Waals surface area contributed by atoms with E-state index in [0.717, 1.165) is 54.8 Å². The molecule has 11 atom stereocenters. The summed E-state index contributed by atoms with van der Waals surface area (Å²) in [6.45, 7) is 14.7. The maximum absolute atomic E-state index is 12.7. The van der Waals surface area contributed by atoms with Gasteiger partial charge in [0.25, 0.3) is 0 Å². The molecule has 0 bridgehead atoms. The zero-order chi connectivity index (χ0) is 32.9. The first-order valence-electron chi connectivity index (χ1n) is 18.6. The first kappa shape index (κ1) is 33.8. The van der Waals surface area contributed by atoms with Gasteiger partial charge in [0.2, 0.25) is 0 Å². The summed E-state index contributed by atoms with van der Waals surface area (Å²) in [6, 6.07) is 0. The second kappa shape index (κ2) is 13.1. The van der Waals surface area contributed by atoms with Crippen LogP contribution in [0.4, 0.5) is 9.59 Å². The van der Waals surface area contributed by atoms with E-state index in [-0.39, 0.29) is 30.4 Å². The molecule has 5 aliphatic carbocycles. The van der Waals surface area contributed by atoms with Crippen molar-refractivity contribution in [3.63, 3.8) is 0 Å². The Morgan fingerprint density at radius 2 is 1.67 bits per heavy atom. The van der Waals surface area contributed by atoms with E-state index in [1.54, 1.807) is 0 Å². The molecule has 46 heavy (non-hydrogen) atoms. The van der Waals surface area contributed by atoms with Crippen LogP contribution in [-0.2, 0) is 19.0 Å². The number of epoxide rings is 1. The molecular weight excluding hydrogens is 580 g/mol. The van der Waals surface area contributed by atoms with E-state index in [2.05, 4.69) is 51.3 Å². The van der Waals surface area contributed by atoms with Crippen LogP contribution in [0.3, 0.4) is 0 Å². The van der Waals surface area contributed by atoms with Crippen molar-refractivity contribution < 1.29 is 28.6 Å².